The summed E-state index contributed by atoms with van der Waals surface area (Å²) in [4.78, 5) is 0. The number of nitrogens with zero attached hydrogens (tertiary/aromatic N) is 3. The van der Waals surface area contributed by atoms with Crippen molar-refractivity contribution in [1.82, 2.24) is 14.8 Å². The van der Waals surface area contributed by atoms with Crippen molar-refractivity contribution in [1.29, 1.82) is 0 Å². The van der Waals surface area contributed by atoms with E-state index in [0.717, 1.165) is 27.0 Å². The Kier molecular flexibility index (Phi) is 5.81. The smallest absolute Gasteiger partial charge is 0.191 e. The van der Waals surface area contributed by atoms with Gasteiger partial charge in [0.2, 0.25) is 0 Å². The minimum absolute atomic E-state index is 0.165. The van der Waals surface area contributed by atoms with Gasteiger partial charge in [-0.05, 0) is 43.7 Å². The van der Waals surface area contributed by atoms with Crippen LogP contribution in [0.5, 0.6) is 5.75 Å². The van der Waals surface area contributed by atoms with Crippen molar-refractivity contribution in [2.75, 3.05) is 0 Å². The Labute approximate surface area is 160 Å². The van der Waals surface area contributed by atoms with Crippen LogP contribution in [0.4, 0.5) is 0 Å². The zero-order chi connectivity index (χ0) is 17.8. The monoisotopic (exact) mass is 417 g/mol. The normalized spacial score (nSPS) is 12.2. The fourth-order valence-corrected chi connectivity index (χ4v) is 3.55. The second-order valence-electron chi connectivity index (χ2n) is 5.89. The lowest BCUT2D eigenvalue weighted by molar-refractivity contribution is 0.211. The molecule has 1 aromatic heterocycles. The molecule has 1 unspecified atom stereocenters. The fraction of sp³-hybridized carbons (Fsp3) is 0.263. The number of benzene rings is 2. The van der Waals surface area contributed by atoms with Gasteiger partial charge in [-0.3, -0.25) is 0 Å². The molecule has 1 atom stereocenters. The maximum absolute atomic E-state index is 5.99. The number of rotatable bonds is 6. The Morgan fingerprint density at radius 2 is 1.76 bits per heavy atom. The summed E-state index contributed by atoms with van der Waals surface area (Å²) in [6.07, 6.45) is -0.165. The van der Waals surface area contributed by atoms with Crippen LogP contribution in [0.25, 0.3) is 0 Å². The molecule has 0 aliphatic carbocycles. The van der Waals surface area contributed by atoms with Gasteiger partial charge in [0, 0.05) is 17.3 Å². The lowest BCUT2D eigenvalue weighted by Gasteiger charge is -2.14. The van der Waals surface area contributed by atoms with E-state index in [1.807, 2.05) is 42.8 Å². The topological polar surface area (TPSA) is 39.9 Å². The van der Waals surface area contributed by atoms with Crippen LogP contribution >= 0.6 is 27.7 Å². The molecule has 0 spiro atoms. The van der Waals surface area contributed by atoms with Crippen LogP contribution in [0.3, 0.4) is 0 Å². The largest absolute Gasteiger partial charge is 0.483 e. The van der Waals surface area contributed by atoms with Gasteiger partial charge in [-0.2, -0.15) is 0 Å². The first-order chi connectivity index (χ1) is 12.0. The van der Waals surface area contributed by atoms with Crippen molar-refractivity contribution < 1.29 is 4.74 Å². The molecule has 4 nitrogen and oxygen atoms in total. The first-order valence-corrected chi connectivity index (χ1v) is 9.80. The first kappa shape index (κ1) is 18.0. The molecule has 0 aliphatic heterocycles. The molecular weight excluding hydrogens is 398 g/mol. The quantitative estimate of drug-likeness (QED) is 0.508. The molecule has 25 heavy (non-hydrogen) atoms. The van der Waals surface area contributed by atoms with E-state index in [1.165, 1.54) is 11.1 Å². The van der Waals surface area contributed by atoms with E-state index >= 15 is 0 Å². The van der Waals surface area contributed by atoms with E-state index in [0.29, 0.717) is 0 Å². The summed E-state index contributed by atoms with van der Waals surface area (Å²) in [5.74, 6) is 2.51. The molecule has 2 aromatic carbocycles. The molecule has 1 heterocycles. The minimum Gasteiger partial charge on any atom is -0.483 e. The van der Waals surface area contributed by atoms with E-state index in [9.17, 15) is 0 Å². The average Bonchev–Trinajstić information content (AvgIpc) is 2.97. The van der Waals surface area contributed by atoms with Crippen LogP contribution in [0.1, 0.15) is 30.0 Å². The lowest BCUT2D eigenvalue weighted by atomic mass is 10.2. The van der Waals surface area contributed by atoms with Gasteiger partial charge < -0.3 is 9.30 Å². The highest BCUT2D eigenvalue weighted by atomic mass is 79.9. The maximum atomic E-state index is 5.99. The minimum atomic E-state index is -0.165. The van der Waals surface area contributed by atoms with Crippen LogP contribution in [0.2, 0.25) is 0 Å². The standard InChI is InChI=1S/C19H20BrN3OS/c1-13-4-10-17(11-5-13)24-14(2)18-21-22-19(23(18)3)25-12-15-6-8-16(20)9-7-15/h4-11,14H,12H2,1-3H3. The van der Waals surface area contributed by atoms with Gasteiger partial charge in [-0.15, -0.1) is 10.2 Å². The van der Waals surface area contributed by atoms with Gasteiger partial charge in [-0.25, -0.2) is 0 Å². The van der Waals surface area contributed by atoms with Crippen molar-refractivity contribution in [3.63, 3.8) is 0 Å². The van der Waals surface area contributed by atoms with Crippen molar-refractivity contribution in [2.24, 2.45) is 7.05 Å². The molecule has 0 fully saturated rings. The fourth-order valence-electron chi connectivity index (χ4n) is 2.41. The predicted molar refractivity (Wildman–Crippen MR) is 105 cm³/mol. The summed E-state index contributed by atoms with van der Waals surface area (Å²) in [5.41, 5.74) is 2.46. The molecule has 0 N–H and O–H groups in total. The highest BCUT2D eigenvalue weighted by Crippen LogP contribution is 2.26. The number of thioether (sulfide) groups is 1. The third-order valence-corrected chi connectivity index (χ3v) is 5.47. The van der Waals surface area contributed by atoms with Gasteiger partial charge in [0.25, 0.3) is 0 Å². The van der Waals surface area contributed by atoms with Crippen LogP contribution in [-0.2, 0) is 12.8 Å². The molecule has 3 aromatic rings. The highest BCUT2D eigenvalue weighted by molar-refractivity contribution is 9.10. The number of aryl methyl sites for hydroxylation is 1. The molecule has 0 radical (unpaired) electrons. The Morgan fingerprint density at radius 1 is 1.08 bits per heavy atom. The van der Waals surface area contributed by atoms with Crippen molar-refractivity contribution in [3.05, 3.63) is 70.0 Å². The number of aromatic nitrogens is 3. The molecule has 0 saturated heterocycles. The summed E-state index contributed by atoms with van der Waals surface area (Å²) < 4.78 is 9.08. The third kappa shape index (κ3) is 4.64. The zero-order valence-corrected chi connectivity index (χ0v) is 16.8. The zero-order valence-electron chi connectivity index (χ0n) is 14.4. The highest BCUT2D eigenvalue weighted by Gasteiger charge is 2.17. The average molecular weight is 418 g/mol. The third-order valence-electron chi connectivity index (χ3n) is 3.85. The Morgan fingerprint density at radius 3 is 2.44 bits per heavy atom. The summed E-state index contributed by atoms with van der Waals surface area (Å²) in [5, 5.41) is 9.51. The summed E-state index contributed by atoms with van der Waals surface area (Å²) in [6, 6.07) is 16.4. The van der Waals surface area contributed by atoms with Crippen LogP contribution in [0.15, 0.2) is 58.2 Å². The van der Waals surface area contributed by atoms with Crippen LogP contribution < -0.4 is 4.74 Å². The number of hydrogen-bond acceptors (Lipinski definition) is 4. The van der Waals surface area contributed by atoms with Gasteiger partial charge in [0.15, 0.2) is 17.1 Å². The van der Waals surface area contributed by atoms with E-state index in [-0.39, 0.29) is 6.10 Å². The first-order valence-electron chi connectivity index (χ1n) is 8.03. The Balaban J connectivity index is 1.65. The second kappa shape index (κ2) is 8.06. The van der Waals surface area contributed by atoms with E-state index < -0.39 is 0 Å². The molecule has 130 valence electrons. The number of ether oxygens (including phenoxy) is 1. The SMILES string of the molecule is Cc1ccc(OC(C)c2nnc(SCc3ccc(Br)cc3)n2C)cc1. The number of hydrogen-bond donors (Lipinski definition) is 0. The molecule has 0 saturated carbocycles. The van der Waals surface area contributed by atoms with Crippen LogP contribution in [-0.4, -0.2) is 14.8 Å². The summed E-state index contributed by atoms with van der Waals surface area (Å²) in [6.45, 7) is 4.05. The molecule has 0 aliphatic rings. The van der Waals surface area contributed by atoms with Crippen molar-refractivity contribution >= 4 is 27.7 Å². The van der Waals surface area contributed by atoms with Gasteiger partial charge in [-0.1, -0.05) is 57.5 Å². The van der Waals surface area contributed by atoms with Crippen LogP contribution in [0, 0.1) is 6.92 Å². The molecule has 0 amide bonds. The van der Waals surface area contributed by atoms with E-state index in [4.69, 9.17) is 4.74 Å². The Bertz CT molecular complexity index is 831. The predicted octanol–water partition coefficient (Wildman–Crippen LogP) is 5.32. The van der Waals surface area contributed by atoms with Gasteiger partial charge >= 0.3 is 0 Å². The van der Waals surface area contributed by atoms with Gasteiger partial charge in [0.1, 0.15) is 5.75 Å². The summed E-state index contributed by atoms with van der Waals surface area (Å²) >= 11 is 5.13. The molecule has 6 heteroatoms. The van der Waals surface area contributed by atoms with E-state index in [1.54, 1.807) is 11.8 Å². The number of halogens is 1. The molecular formula is C19H20BrN3OS. The van der Waals surface area contributed by atoms with Crippen molar-refractivity contribution in [3.8, 4) is 5.75 Å². The van der Waals surface area contributed by atoms with E-state index in [2.05, 4.69) is 57.3 Å². The lowest BCUT2D eigenvalue weighted by Crippen LogP contribution is -2.10. The Hall–Kier alpha value is -1.79. The molecule has 0 bridgehead atoms. The van der Waals surface area contributed by atoms with Crippen molar-refractivity contribution in [2.45, 2.75) is 30.9 Å². The maximum Gasteiger partial charge on any atom is 0.191 e. The summed E-state index contributed by atoms with van der Waals surface area (Å²) in [7, 11) is 1.98. The molecule has 3 rings (SSSR count). The van der Waals surface area contributed by atoms with Gasteiger partial charge in [0.05, 0.1) is 0 Å². The second-order valence-corrected chi connectivity index (χ2v) is 7.75.